The van der Waals surface area contributed by atoms with Crippen LogP contribution in [0.4, 0.5) is 4.79 Å². The van der Waals surface area contributed by atoms with Crippen LogP contribution in [-0.4, -0.2) is 95.3 Å². The third-order valence-electron chi connectivity index (χ3n) is 11.2. The molecule has 46 heavy (non-hydrogen) atoms. The van der Waals surface area contributed by atoms with Gasteiger partial charge in [0.15, 0.2) is 0 Å². The summed E-state index contributed by atoms with van der Waals surface area (Å²) in [4.78, 5) is 83.4. The van der Waals surface area contributed by atoms with Crippen LogP contribution < -0.4 is 10.6 Å². The average Bonchev–Trinajstić information content (AvgIpc) is 3.26. The Labute approximate surface area is 272 Å². The number of nitrogens with zero attached hydrogens (tertiary/aromatic N) is 2. The smallest absolute Gasteiger partial charge is 0.408 e. The molecule has 2 saturated heterocycles. The normalized spacial score (nSPS) is 28.5. The van der Waals surface area contributed by atoms with E-state index in [4.69, 9.17) is 9.47 Å². The first-order chi connectivity index (χ1) is 21.6. The Morgan fingerprint density at radius 2 is 1.57 bits per heavy atom. The number of likely N-dealkylation sites (tertiary alicyclic amines) is 2. The lowest BCUT2D eigenvalue weighted by Gasteiger charge is -2.39. The molecule has 0 bridgehead atoms. The Morgan fingerprint density at radius 1 is 0.891 bits per heavy atom. The van der Waals surface area contributed by atoms with Crippen LogP contribution >= 0.6 is 0 Å². The zero-order valence-electron chi connectivity index (χ0n) is 28.3. The van der Waals surface area contributed by atoms with Crippen molar-refractivity contribution in [3.63, 3.8) is 0 Å². The van der Waals surface area contributed by atoms with Crippen molar-refractivity contribution in [2.75, 3.05) is 20.2 Å². The number of piperidine rings is 1. The first-order valence-corrected chi connectivity index (χ1v) is 17.2. The summed E-state index contributed by atoms with van der Waals surface area (Å²) in [5.41, 5.74) is -0.912. The second-order valence-corrected chi connectivity index (χ2v) is 15.7. The van der Waals surface area contributed by atoms with Crippen LogP contribution in [-0.2, 0) is 33.4 Å². The minimum atomic E-state index is -1.06. The second-order valence-electron chi connectivity index (χ2n) is 15.7. The molecule has 12 heteroatoms. The van der Waals surface area contributed by atoms with Crippen molar-refractivity contribution in [1.29, 1.82) is 0 Å². The number of ether oxygens (including phenoxy) is 2. The van der Waals surface area contributed by atoms with Gasteiger partial charge in [0.25, 0.3) is 5.91 Å². The predicted octanol–water partition coefficient (Wildman–Crippen LogP) is 2.96. The minimum Gasteiger partial charge on any atom is -0.467 e. The van der Waals surface area contributed by atoms with Gasteiger partial charge in [-0.2, -0.15) is 0 Å². The van der Waals surface area contributed by atoms with Gasteiger partial charge in [0, 0.05) is 13.1 Å². The van der Waals surface area contributed by atoms with E-state index >= 15 is 0 Å². The number of amides is 4. The van der Waals surface area contributed by atoms with Crippen LogP contribution in [0.15, 0.2) is 0 Å². The fraction of sp³-hybridized carbons (Fsp3) is 0.824. The van der Waals surface area contributed by atoms with Crippen molar-refractivity contribution in [3.05, 3.63) is 0 Å². The number of rotatable bonds is 10. The molecule has 2 unspecified atom stereocenters. The van der Waals surface area contributed by atoms with Crippen LogP contribution in [0.3, 0.4) is 0 Å². The van der Waals surface area contributed by atoms with E-state index < -0.39 is 59.4 Å². The molecule has 3 saturated carbocycles. The van der Waals surface area contributed by atoms with Gasteiger partial charge >= 0.3 is 12.1 Å². The first-order valence-electron chi connectivity index (χ1n) is 17.2. The van der Waals surface area contributed by atoms with Gasteiger partial charge in [0.1, 0.15) is 23.7 Å². The molecular weight excluding hydrogens is 592 g/mol. The summed E-state index contributed by atoms with van der Waals surface area (Å²) < 4.78 is 10.3. The Kier molecular flexibility index (Phi) is 9.76. The molecule has 0 aromatic heterocycles. The standard InChI is InChI=1S/C34H52N4O8/c1-33(2,3)46-32(44)36-25(20-13-8-7-9-14-20)29(41)38-18-21-24(34(21,4)5)26(38)28(40)35-22(17-19-11-10-12-19)27(39)30(42)37-16-15-23(37)31(43)45-6/h19-26H,7-18H2,1-6H3,(H,35,40)(H,36,44)/t21?,22?,23-,24-,25-,26-/m0/s1. The van der Waals surface area contributed by atoms with Gasteiger partial charge in [0.2, 0.25) is 17.6 Å². The molecular formula is C34H52N4O8. The van der Waals surface area contributed by atoms with Crippen LogP contribution in [0.1, 0.15) is 98.8 Å². The van der Waals surface area contributed by atoms with Crippen molar-refractivity contribution >= 4 is 35.6 Å². The molecule has 256 valence electrons. The lowest BCUT2D eigenvalue weighted by molar-refractivity contribution is -0.163. The van der Waals surface area contributed by atoms with E-state index in [0.29, 0.717) is 19.4 Å². The number of carbonyl (C=O) groups is 6. The SMILES string of the molecule is COC(=O)[C@@H]1CCN1C(=O)C(=O)C(CC1CCC1)NC(=O)[C@@H]1[C@@H]2C(CN1C(=O)[C@@H](NC(=O)OC(C)(C)C)C1CCCCC1)C2(C)C. The molecule has 5 rings (SSSR count). The molecule has 0 aromatic rings. The molecule has 0 spiro atoms. The maximum Gasteiger partial charge on any atom is 0.408 e. The fourth-order valence-electron chi connectivity index (χ4n) is 8.13. The molecule has 12 nitrogen and oxygen atoms in total. The largest absolute Gasteiger partial charge is 0.467 e. The number of methoxy groups -OCH3 is 1. The minimum absolute atomic E-state index is 0.0766. The van der Waals surface area contributed by atoms with E-state index in [1.165, 1.54) is 12.0 Å². The van der Waals surface area contributed by atoms with Crippen molar-refractivity contribution in [1.82, 2.24) is 20.4 Å². The Morgan fingerprint density at radius 3 is 2.11 bits per heavy atom. The van der Waals surface area contributed by atoms with Crippen LogP contribution in [0.5, 0.6) is 0 Å². The summed E-state index contributed by atoms with van der Waals surface area (Å²) in [5.74, 6) is -2.75. The molecule has 6 atom stereocenters. The highest BCUT2D eigenvalue weighted by molar-refractivity contribution is 6.39. The van der Waals surface area contributed by atoms with E-state index in [-0.39, 0.29) is 41.5 Å². The van der Waals surface area contributed by atoms with Gasteiger partial charge in [-0.05, 0) is 75.5 Å². The predicted molar refractivity (Wildman–Crippen MR) is 167 cm³/mol. The number of Topliss-reactive ketones (excluding diaryl/α,β-unsaturated/α-hetero) is 1. The maximum atomic E-state index is 14.4. The number of carbonyl (C=O) groups excluding carboxylic acids is 6. The Balaban J connectivity index is 1.36. The van der Waals surface area contributed by atoms with E-state index in [9.17, 15) is 28.8 Å². The van der Waals surface area contributed by atoms with Crippen LogP contribution in [0.2, 0.25) is 0 Å². The van der Waals surface area contributed by atoms with Gasteiger partial charge in [-0.1, -0.05) is 52.4 Å². The molecule has 4 amide bonds. The molecule has 2 N–H and O–H groups in total. The quantitative estimate of drug-likeness (QED) is 0.272. The third kappa shape index (κ3) is 6.90. The van der Waals surface area contributed by atoms with Crippen LogP contribution in [0.25, 0.3) is 0 Å². The van der Waals surface area contributed by atoms with Crippen molar-refractivity contribution < 1.29 is 38.2 Å². The summed E-state index contributed by atoms with van der Waals surface area (Å²) in [6.45, 7) is 10.1. The summed E-state index contributed by atoms with van der Waals surface area (Å²) in [5, 5.41) is 5.77. The lowest BCUT2D eigenvalue weighted by Crippen LogP contribution is -2.62. The molecule has 5 aliphatic rings. The van der Waals surface area contributed by atoms with Gasteiger partial charge in [-0.15, -0.1) is 0 Å². The first kappa shape index (κ1) is 34.2. The van der Waals surface area contributed by atoms with E-state index in [1.54, 1.807) is 25.7 Å². The zero-order valence-corrected chi connectivity index (χ0v) is 28.3. The summed E-state index contributed by atoms with van der Waals surface area (Å²) in [6.07, 6.45) is 7.50. The summed E-state index contributed by atoms with van der Waals surface area (Å²) in [6, 6.07) is -3.53. The number of ketones is 1. The topological polar surface area (TPSA) is 151 Å². The third-order valence-corrected chi connectivity index (χ3v) is 11.2. The Bertz CT molecular complexity index is 1230. The van der Waals surface area contributed by atoms with E-state index in [2.05, 4.69) is 24.5 Å². The van der Waals surface area contributed by atoms with Crippen LogP contribution in [0, 0.1) is 29.1 Å². The van der Waals surface area contributed by atoms with E-state index in [0.717, 1.165) is 51.4 Å². The monoisotopic (exact) mass is 644 g/mol. The highest BCUT2D eigenvalue weighted by Crippen LogP contribution is 2.65. The summed E-state index contributed by atoms with van der Waals surface area (Å²) in [7, 11) is 1.24. The van der Waals surface area contributed by atoms with Gasteiger partial charge < -0.3 is 29.9 Å². The second kappa shape index (κ2) is 13.1. The highest BCUT2D eigenvalue weighted by Gasteiger charge is 2.70. The summed E-state index contributed by atoms with van der Waals surface area (Å²) >= 11 is 0. The van der Waals surface area contributed by atoms with Gasteiger partial charge in [-0.25, -0.2) is 9.59 Å². The molecule has 5 fully saturated rings. The number of alkyl carbamates (subject to hydrolysis) is 1. The number of fused-ring (bicyclic) bond motifs is 1. The number of esters is 1. The lowest BCUT2D eigenvalue weighted by atomic mass is 9.79. The number of hydrogen-bond acceptors (Lipinski definition) is 8. The van der Waals surface area contributed by atoms with Gasteiger partial charge in [-0.3, -0.25) is 19.2 Å². The molecule has 2 aliphatic heterocycles. The Hall–Kier alpha value is -3.18. The van der Waals surface area contributed by atoms with E-state index in [1.807, 2.05) is 0 Å². The van der Waals surface area contributed by atoms with Crippen molar-refractivity contribution in [2.24, 2.45) is 29.1 Å². The number of nitrogens with one attached hydrogen (secondary N) is 2. The molecule has 3 aliphatic carbocycles. The molecule has 0 radical (unpaired) electrons. The molecule has 0 aromatic carbocycles. The van der Waals surface area contributed by atoms with Crippen molar-refractivity contribution in [3.8, 4) is 0 Å². The fourth-order valence-corrected chi connectivity index (χ4v) is 8.13. The average molecular weight is 645 g/mol. The maximum absolute atomic E-state index is 14.4. The zero-order chi connectivity index (χ0) is 33.6. The number of hydrogen-bond donors (Lipinski definition) is 2. The molecule has 2 heterocycles. The van der Waals surface area contributed by atoms with Crippen molar-refractivity contribution in [2.45, 2.75) is 129 Å². The van der Waals surface area contributed by atoms with Gasteiger partial charge in [0.05, 0.1) is 13.2 Å². The highest BCUT2D eigenvalue weighted by atomic mass is 16.6.